The van der Waals surface area contributed by atoms with Crippen molar-refractivity contribution in [3.05, 3.63) is 47.0 Å². The van der Waals surface area contributed by atoms with Crippen molar-refractivity contribution in [3.63, 3.8) is 0 Å². The minimum Gasteiger partial charge on any atom is -0.455 e. The predicted octanol–water partition coefficient (Wildman–Crippen LogP) is 3.72. The summed E-state index contributed by atoms with van der Waals surface area (Å²) in [6.07, 6.45) is -5.17. The van der Waals surface area contributed by atoms with Gasteiger partial charge in [0.1, 0.15) is 17.8 Å². The first-order chi connectivity index (χ1) is 21.2. The topological polar surface area (TPSA) is 152 Å². The second-order valence-corrected chi connectivity index (χ2v) is 19.3. The van der Waals surface area contributed by atoms with Gasteiger partial charge in [0, 0.05) is 32.1 Å². The monoisotopic (exact) mass is 656 g/mol. The van der Waals surface area contributed by atoms with Gasteiger partial charge in [-0.3, -0.25) is 19.2 Å². The van der Waals surface area contributed by atoms with Gasteiger partial charge in [-0.1, -0.05) is 32.0 Å². The molecule has 46 heavy (non-hydrogen) atoms. The molecule has 3 aliphatic carbocycles. The lowest BCUT2D eigenvalue weighted by molar-refractivity contribution is -0.343. The van der Waals surface area contributed by atoms with Crippen LogP contribution in [0.2, 0.25) is 19.6 Å². The van der Waals surface area contributed by atoms with E-state index in [2.05, 4.69) is 0 Å². The summed E-state index contributed by atoms with van der Waals surface area (Å²) < 4.78 is 31.0. The van der Waals surface area contributed by atoms with Crippen LogP contribution in [0.3, 0.4) is 0 Å². The minimum atomic E-state index is -2.43. The Labute approximate surface area is 270 Å². The van der Waals surface area contributed by atoms with Crippen LogP contribution in [0.25, 0.3) is 0 Å². The van der Waals surface area contributed by atoms with Crippen molar-refractivity contribution in [2.75, 3.05) is 6.61 Å². The summed E-state index contributed by atoms with van der Waals surface area (Å²) in [5.74, 6) is -4.62. The minimum absolute atomic E-state index is 0.132. The van der Waals surface area contributed by atoms with Gasteiger partial charge in [-0.05, 0) is 56.8 Å². The number of hydrogen-bond acceptors (Lipinski definition) is 11. The third-order valence-electron chi connectivity index (χ3n) is 10.5. The molecule has 8 atom stereocenters. The van der Waals surface area contributed by atoms with E-state index in [9.17, 15) is 24.3 Å². The molecule has 4 aliphatic rings. The lowest BCUT2D eigenvalue weighted by atomic mass is 9.44. The van der Waals surface area contributed by atoms with Gasteiger partial charge in [0.05, 0.1) is 29.6 Å². The van der Waals surface area contributed by atoms with Gasteiger partial charge in [-0.2, -0.15) is 0 Å². The Bertz CT molecular complexity index is 1510. The average Bonchev–Trinajstić information content (AvgIpc) is 2.93. The normalized spacial score (nSPS) is 36.7. The number of Topliss-reactive ketones (excluding diaryl/α,β-unsaturated/α-hetero) is 2. The number of hydrogen-bond donors (Lipinski definition) is 1. The van der Waals surface area contributed by atoms with Gasteiger partial charge in [0.25, 0.3) is 0 Å². The Morgan fingerprint density at radius 2 is 1.61 bits per heavy atom. The molecule has 0 aromatic heterocycles. The van der Waals surface area contributed by atoms with E-state index in [1.54, 1.807) is 58.0 Å². The average molecular weight is 657 g/mol. The molecule has 11 nitrogen and oxygen atoms in total. The Balaban J connectivity index is 1.88. The van der Waals surface area contributed by atoms with Gasteiger partial charge >= 0.3 is 17.9 Å². The number of ether oxygens (including phenoxy) is 4. The summed E-state index contributed by atoms with van der Waals surface area (Å²) in [5, 5.41) is 13.1. The highest BCUT2D eigenvalue weighted by Crippen LogP contribution is 2.64. The number of carbonyl (C=O) groups excluding carboxylic acids is 5. The van der Waals surface area contributed by atoms with Crippen molar-refractivity contribution in [1.29, 1.82) is 0 Å². The second-order valence-electron chi connectivity index (χ2n) is 14.8. The van der Waals surface area contributed by atoms with E-state index in [-0.39, 0.29) is 29.7 Å². The standard InChI is InChI=1S/C34H44O11Si/c1-18-22(37)16-34(40)29(43-30(39)21-13-11-10-12-14-21)27-32(6,28(38)26(42-19(2)35)25(18)31(34,4)5)23(45-46(7,8)9)15-24-33(27,17-41-24)44-20(3)36/h10-14,23-24,26-27,29,40H,15-17H2,1-9H3/t23-,24+,26+,27-,29-,32+,33-,34+/m0/s1. The molecule has 2 saturated carbocycles. The first kappa shape index (κ1) is 34.1. The Morgan fingerprint density at radius 1 is 0.978 bits per heavy atom. The molecule has 1 aliphatic heterocycles. The third-order valence-corrected chi connectivity index (χ3v) is 11.5. The molecule has 1 N–H and O–H groups in total. The van der Waals surface area contributed by atoms with Crippen LogP contribution in [-0.4, -0.2) is 85.1 Å². The summed E-state index contributed by atoms with van der Waals surface area (Å²) in [5.41, 5.74) is -6.38. The van der Waals surface area contributed by atoms with E-state index in [1.807, 2.05) is 19.6 Å². The highest BCUT2D eigenvalue weighted by atomic mass is 28.4. The van der Waals surface area contributed by atoms with Crippen molar-refractivity contribution >= 4 is 37.8 Å². The number of esters is 3. The van der Waals surface area contributed by atoms with E-state index >= 15 is 4.79 Å². The molecule has 0 amide bonds. The number of benzene rings is 1. The molecule has 0 spiro atoms. The Hall–Kier alpha value is -3.19. The molecule has 12 heteroatoms. The Kier molecular flexibility index (Phi) is 8.32. The van der Waals surface area contributed by atoms with E-state index in [1.165, 1.54) is 13.8 Å². The summed E-state index contributed by atoms with van der Waals surface area (Å²) >= 11 is 0. The van der Waals surface area contributed by atoms with Crippen molar-refractivity contribution in [2.45, 2.75) is 110 Å². The Morgan fingerprint density at radius 3 is 2.13 bits per heavy atom. The van der Waals surface area contributed by atoms with E-state index < -0.39 is 96.6 Å². The first-order valence-corrected chi connectivity index (χ1v) is 19.0. The summed E-state index contributed by atoms with van der Waals surface area (Å²) in [4.78, 5) is 68.5. The SMILES string of the molecule is CC(=O)O[C@H]1C(=O)[C@]2(C)[C@@H](O[Si](C)(C)C)C[C@H]3OC[C@@]3(OC(C)=O)[C@H]2[C@H](OC(=O)c2ccccc2)[C@]2(O)CC(=O)C(C)=C1C2(C)C. The van der Waals surface area contributed by atoms with Crippen LogP contribution < -0.4 is 0 Å². The maximum absolute atomic E-state index is 15.3. The van der Waals surface area contributed by atoms with Gasteiger partial charge in [0.15, 0.2) is 31.6 Å². The maximum Gasteiger partial charge on any atom is 0.338 e. The van der Waals surface area contributed by atoms with Gasteiger partial charge in [0.2, 0.25) is 0 Å². The van der Waals surface area contributed by atoms with Crippen molar-refractivity contribution in [3.8, 4) is 0 Å². The zero-order chi connectivity index (χ0) is 34.2. The van der Waals surface area contributed by atoms with Crippen LogP contribution in [-0.2, 0) is 42.6 Å². The summed E-state index contributed by atoms with van der Waals surface area (Å²) in [7, 11) is -2.43. The first-order valence-electron chi connectivity index (χ1n) is 15.6. The van der Waals surface area contributed by atoms with Crippen LogP contribution in [0.4, 0.5) is 0 Å². The number of carbonyl (C=O) groups is 5. The molecule has 0 unspecified atom stereocenters. The largest absolute Gasteiger partial charge is 0.455 e. The highest BCUT2D eigenvalue weighted by molar-refractivity contribution is 6.69. The lowest BCUT2D eigenvalue weighted by Crippen LogP contribution is -2.82. The molecule has 250 valence electrons. The molecule has 0 radical (unpaired) electrons. The summed E-state index contributed by atoms with van der Waals surface area (Å²) in [6, 6.07) is 8.16. The number of ketones is 2. The van der Waals surface area contributed by atoms with E-state index in [0.717, 1.165) is 0 Å². The van der Waals surface area contributed by atoms with Crippen LogP contribution in [0.15, 0.2) is 41.5 Å². The molecular weight excluding hydrogens is 612 g/mol. The van der Waals surface area contributed by atoms with Gasteiger partial charge in [-0.25, -0.2) is 4.79 Å². The smallest absolute Gasteiger partial charge is 0.338 e. The molecule has 3 fully saturated rings. The van der Waals surface area contributed by atoms with E-state index in [0.29, 0.717) is 0 Å². The number of allylic oxidation sites excluding steroid dienone is 1. The molecule has 2 bridgehead atoms. The zero-order valence-corrected chi connectivity index (χ0v) is 28.9. The van der Waals surface area contributed by atoms with Crippen LogP contribution >= 0.6 is 0 Å². The highest BCUT2D eigenvalue weighted by Gasteiger charge is 2.78. The second kappa shape index (κ2) is 11.2. The van der Waals surface area contributed by atoms with Crippen LogP contribution in [0.1, 0.15) is 64.7 Å². The van der Waals surface area contributed by atoms with Crippen LogP contribution in [0, 0.1) is 16.7 Å². The maximum atomic E-state index is 15.3. The molecule has 1 aromatic rings. The molecular formula is C34H44O11Si. The van der Waals surface area contributed by atoms with Gasteiger partial charge in [-0.15, -0.1) is 0 Å². The molecule has 1 saturated heterocycles. The third kappa shape index (κ3) is 5.08. The molecule has 1 heterocycles. The molecule has 5 rings (SSSR count). The van der Waals surface area contributed by atoms with Crippen molar-refractivity contribution < 1.29 is 52.5 Å². The number of rotatable bonds is 6. The molecule has 1 aromatic carbocycles. The fraction of sp³-hybridized carbons (Fsp3) is 0.618. The van der Waals surface area contributed by atoms with Gasteiger partial charge < -0.3 is 28.5 Å². The number of aliphatic hydroxyl groups is 1. The van der Waals surface area contributed by atoms with Crippen molar-refractivity contribution in [2.24, 2.45) is 16.7 Å². The quantitative estimate of drug-likeness (QED) is 0.271. The van der Waals surface area contributed by atoms with E-state index in [4.69, 9.17) is 23.4 Å². The fourth-order valence-corrected chi connectivity index (χ4v) is 9.49. The fourth-order valence-electron chi connectivity index (χ4n) is 8.30. The van der Waals surface area contributed by atoms with Crippen molar-refractivity contribution in [1.82, 2.24) is 0 Å². The predicted molar refractivity (Wildman–Crippen MR) is 166 cm³/mol. The number of fused-ring (bicyclic) bond motifs is 5. The lowest BCUT2D eigenvalue weighted by Gasteiger charge is -2.67. The van der Waals surface area contributed by atoms with Crippen LogP contribution in [0.5, 0.6) is 0 Å². The summed E-state index contributed by atoms with van der Waals surface area (Å²) in [6.45, 7) is 14.6. The zero-order valence-electron chi connectivity index (χ0n) is 27.9.